The molecule has 2 N–H and O–H groups in total. The van der Waals surface area contributed by atoms with Crippen LogP contribution in [0.25, 0.3) is 0 Å². The van der Waals surface area contributed by atoms with Crippen LogP contribution in [0.2, 0.25) is 0 Å². The molecule has 4 nitrogen and oxygen atoms in total. The fraction of sp³-hybridized carbons (Fsp3) is 0.727. The average molecular weight is 209 g/mol. The second-order valence-electron chi connectivity index (χ2n) is 4.54. The second kappa shape index (κ2) is 4.33. The van der Waals surface area contributed by atoms with Crippen molar-refractivity contribution in [2.75, 3.05) is 6.61 Å². The van der Waals surface area contributed by atoms with Crippen molar-refractivity contribution in [3.05, 3.63) is 18.5 Å². The number of nitrogens with one attached hydrogen (secondary N) is 1. The molecule has 84 valence electrons. The summed E-state index contributed by atoms with van der Waals surface area (Å²) < 4.78 is 1.94. The summed E-state index contributed by atoms with van der Waals surface area (Å²) in [5, 5.41) is 16.8. The Morgan fingerprint density at radius 1 is 1.60 bits per heavy atom. The van der Waals surface area contributed by atoms with Crippen molar-refractivity contribution in [2.45, 2.75) is 44.3 Å². The quantitative estimate of drug-likeness (QED) is 0.728. The summed E-state index contributed by atoms with van der Waals surface area (Å²) in [6, 6.07) is 2.37. The van der Waals surface area contributed by atoms with Crippen molar-refractivity contribution >= 4 is 0 Å². The number of aryl methyl sites for hydroxylation is 1. The zero-order chi connectivity index (χ0) is 10.7. The van der Waals surface area contributed by atoms with Crippen molar-refractivity contribution < 1.29 is 5.11 Å². The van der Waals surface area contributed by atoms with Gasteiger partial charge in [-0.05, 0) is 32.3 Å². The minimum Gasteiger partial charge on any atom is -0.394 e. The number of aliphatic hydroxyl groups is 1. The van der Waals surface area contributed by atoms with Crippen LogP contribution in [0.15, 0.2) is 18.5 Å². The Morgan fingerprint density at radius 3 is 2.93 bits per heavy atom. The molecule has 15 heavy (non-hydrogen) atoms. The molecule has 1 unspecified atom stereocenters. The van der Waals surface area contributed by atoms with E-state index >= 15 is 0 Å². The normalized spacial score (nSPS) is 20.1. The first kappa shape index (κ1) is 10.6. The van der Waals surface area contributed by atoms with E-state index in [0.717, 1.165) is 25.8 Å². The monoisotopic (exact) mass is 209 g/mol. The van der Waals surface area contributed by atoms with Gasteiger partial charge in [-0.2, -0.15) is 5.10 Å². The Labute approximate surface area is 90.3 Å². The van der Waals surface area contributed by atoms with Gasteiger partial charge in [0.2, 0.25) is 0 Å². The Hall–Kier alpha value is -0.870. The minimum absolute atomic E-state index is 0.0452. The summed E-state index contributed by atoms with van der Waals surface area (Å²) in [6.45, 7) is 3.36. The van der Waals surface area contributed by atoms with Gasteiger partial charge in [0.05, 0.1) is 6.61 Å². The van der Waals surface area contributed by atoms with E-state index in [1.54, 1.807) is 6.20 Å². The van der Waals surface area contributed by atoms with Crippen LogP contribution in [0.3, 0.4) is 0 Å². The molecule has 1 aliphatic rings. The van der Waals surface area contributed by atoms with Crippen molar-refractivity contribution in [3.8, 4) is 0 Å². The Bertz CT molecular complexity index is 293. The van der Waals surface area contributed by atoms with Gasteiger partial charge in [-0.15, -0.1) is 0 Å². The first-order valence-electron chi connectivity index (χ1n) is 5.60. The highest BCUT2D eigenvalue weighted by atomic mass is 16.3. The highest BCUT2D eigenvalue weighted by Crippen LogP contribution is 2.35. The number of hydrogen-bond acceptors (Lipinski definition) is 3. The molecule has 0 aliphatic heterocycles. The van der Waals surface area contributed by atoms with Gasteiger partial charge in [0.25, 0.3) is 0 Å². The van der Waals surface area contributed by atoms with Crippen LogP contribution in [0, 0.1) is 0 Å². The van der Waals surface area contributed by atoms with Gasteiger partial charge in [-0.25, -0.2) is 0 Å². The Balaban J connectivity index is 1.71. The van der Waals surface area contributed by atoms with Gasteiger partial charge >= 0.3 is 0 Å². The SMILES string of the molecule is CC(CCn1cccn1)NC1(CO)CC1. The van der Waals surface area contributed by atoms with Gasteiger partial charge in [0, 0.05) is 30.5 Å². The van der Waals surface area contributed by atoms with Gasteiger partial charge in [-0.3, -0.25) is 4.68 Å². The molecule has 0 aromatic carbocycles. The van der Waals surface area contributed by atoms with E-state index in [-0.39, 0.29) is 12.1 Å². The summed E-state index contributed by atoms with van der Waals surface area (Å²) in [7, 11) is 0. The predicted molar refractivity (Wildman–Crippen MR) is 58.5 cm³/mol. The van der Waals surface area contributed by atoms with Crippen LogP contribution < -0.4 is 5.32 Å². The Morgan fingerprint density at radius 2 is 2.40 bits per heavy atom. The molecule has 1 aromatic heterocycles. The van der Waals surface area contributed by atoms with E-state index in [2.05, 4.69) is 17.3 Å². The third-order valence-corrected chi connectivity index (χ3v) is 3.06. The molecule has 1 aliphatic carbocycles. The number of nitrogens with zero attached hydrogens (tertiary/aromatic N) is 2. The molecule has 0 bridgehead atoms. The molecule has 1 aromatic rings. The summed E-state index contributed by atoms with van der Waals surface area (Å²) >= 11 is 0. The van der Waals surface area contributed by atoms with E-state index in [0.29, 0.717) is 6.04 Å². The van der Waals surface area contributed by atoms with Crippen LogP contribution in [0.1, 0.15) is 26.2 Å². The molecule has 2 rings (SSSR count). The molecule has 1 atom stereocenters. The highest BCUT2D eigenvalue weighted by molar-refractivity contribution is 5.02. The van der Waals surface area contributed by atoms with Crippen molar-refractivity contribution in [1.29, 1.82) is 0 Å². The maximum absolute atomic E-state index is 9.18. The number of hydrogen-bond donors (Lipinski definition) is 2. The van der Waals surface area contributed by atoms with Crippen LogP contribution in [-0.4, -0.2) is 33.1 Å². The third-order valence-electron chi connectivity index (χ3n) is 3.06. The lowest BCUT2D eigenvalue weighted by molar-refractivity contribution is 0.217. The molecular formula is C11H19N3O. The predicted octanol–water partition coefficient (Wildman–Crippen LogP) is 0.776. The van der Waals surface area contributed by atoms with E-state index in [1.165, 1.54) is 0 Å². The number of rotatable bonds is 6. The van der Waals surface area contributed by atoms with E-state index < -0.39 is 0 Å². The maximum Gasteiger partial charge on any atom is 0.0613 e. The lowest BCUT2D eigenvalue weighted by Crippen LogP contribution is -2.41. The largest absolute Gasteiger partial charge is 0.394 e. The fourth-order valence-electron chi connectivity index (χ4n) is 1.85. The van der Waals surface area contributed by atoms with Gasteiger partial charge in [0.15, 0.2) is 0 Å². The number of aliphatic hydroxyl groups excluding tert-OH is 1. The second-order valence-corrected chi connectivity index (χ2v) is 4.54. The molecule has 4 heteroatoms. The van der Waals surface area contributed by atoms with Crippen LogP contribution >= 0.6 is 0 Å². The maximum atomic E-state index is 9.18. The topological polar surface area (TPSA) is 50.1 Å². The van der Waals surface area contributed by atoms with E-state index in [1.807, 2.05) is 16.9 Å². The first-order chi connectivity index (χ1) is 7.24. The summed E-state index contributed by atoms with van der Waals surface area (Å²) in [4.78, 5) is 0. The molecular weight excluding hydrogens is 190 g/mol. The molecule has 1 saturated carbocycles. The highest BCUT2D eigenvalue weighted by Gasteiger charge is 2.42. The third kappa shape index (κ3) is 2.79. The van der Waals surface area contributed by atoms with Gasteiger partial charge in [0.1, 0.15) is 0 Å². The van der Waals surface area contributed by atoms with Crippen molar-refractivity contribution in [2.24, 2.45) is 0 Å². The van der Waals surface area contributed by atoms with E-state index in [9.17, 15) is 5.11 Å². The van der Waals surface area contributed by atoms with Crippen molar-refractivity contribution in [1.82, 2.24) is 15.1 Å². The average Bonchev–Trinajstić information content (AvgIpc) is 2.80. The molecule has 0 radical (unpaired) electrons. The molecule has 0 saturated heterocycles. The molecule has 0 spiro atoms. The summed E-state index contributed by atoms with van der Waals surface area (Å²) in [5.74, 6) is 0. The summed E-state index contributed by atoms with van der Waals surface area (Å²) in [6.07, 6.45) is 7.04. The fourth-order valence-corrected chi connectivity index (χ4v) is 1.85. The zero-order valence-corrected chi connectivity index (χ0v) is 9.19. The smallest absolute Gasteiger partial charge is 0.0613 e. The molecule has 0 amide bonds. The van der Waals surface area contributed by atoms with Crippen molar-refractivity contribution in [3.63, 3.8) is 0 Å². The van der Waals surface area contributed by atoms with Crippen LogP contribution in [-0.2, 0) is 6.54 Å². The first-order valence-corrected chi connectivity index (χ1v) is 5.60. The van der Waals surface area contributed by atoms with Gasteiger partial charge in [-0.1, -0.05) is 0 Å². The summed E-state index contributed by atoms with van der Waals surface area (Å²) in [5.41, 5.74) is 0.0452. The van der Waals surface area contributed by atoms with Crippen LogP contribution in [0.4, 0.5) is 0 Å². The molecule has 1 fully saturated rings. The molecule has 1 heterocycles. The zero-order valence-electron chi connectivity index (χ0n) is 9.19. The minimum atomic E-state index is 0.0452. The Kier molecular flexibility index (Phi) is 3.07. The lowest BCUT2D eigenvalue weighted by Gasteiger charge is -2.20. The number of aromatic nitrogens is 2. The standard InChI is InChI=1S/C11H19N3O/c1-10(13-11(9-15)4-5-11)3-8-14-7-2-6-12-14/h2,6-7,10,13,15H,3-5,8-9H2,1H3. The van der Waals surface area contributed by atoms with E-state index in [4.69, 9.17) is 0 Å². The van der Waals surface area contributed by atoms with Gasteiger partial charge < -0.3 is 10.4 Å². The lowest BCUT2D eigenvalue weighted by atomic mass is 10.2. The van der Waals surface area contributed by atoms with Crippen LogP contribution in [0.5, 0.6) is 0 Å².